The van der Waals surface area contributed by atoms with Gasteiger partial charge in [0.1, 0.15) is 5.60 Å². The van der Waals surface area contributed by atoms with Crippen molar-refractivity contribution in [3.8, 4) is 0 Å². The van der Waals surface area contributed by atoms with Gasteiger partial charge in [-0.3, -0.25) is 14.8 Å². The normalized spacial score (nSPS) is 11.4. The van der Waals surface area contributed by atoms with Gasteiger partial charge in [0.05, 0.1) is 39.9 Å². The summed E-state index contributed by atoms with van der Waals surface area (Å²) in [6.07, 6.45) is 4.83. The number of pyridine rings is 1. The number of anilines is 1. The van der Waals surface area contributed by atoms with E-state index < -0.39 is 11.7 Å². The van der Waals surface area contributed by atoms with E-state index in [4.69, 9.17) is 4.74 Å². The van der Waals surface area contributed by atoms with E-state index in [1.165, 1.54) is 11.5 Å². The van der Waals surface area contributed by atoms with Crippen molar-refractivity contribution in [1.82, 2.24) is 24.6 Å². The van der Waals surface area contributed by atoms with Crippen molar-refractivity contribution in [2.24, 2.45) is 0 Å². The molecule has 3 aromatic heterocycles. The maximum atomic E-state index is 13.1. The first-order valence-electron chi connectivity index (χ1n) is 12.1. The van der Waals surface area contributed by atoms with Crippen molar-refractivity contribution >= 4 is 40.3 Å². The van der Waals surface area contributed by atoms with Crippen molar-refractivity contribution in [2.45, 2.75) is 52.6 Å². The lowest BCUT2D eigenvalue weighted by Crippen LogP contribution is -2.33. The number of aromatic nitrogens is 4. The Kier molecular flexibility index (Phi) is 8.08. The smallest absolute Gasteiger partial charge is 0.407 e. The molecular formula is C27H30N6O3S. The summed E-state index contributed by atoms with van der Waals surface area (Å²) >= 11 is 1.30. The Morgan fingerprint density at radius 2 is 1.78 bits per heavy atom. The molecule has 192 valence electrons. The van der Waals surface area contributed by atoms with Gasteiger partial charge in [0, 0.05) is 29.7 Å². The quantitative estimate of drug-likeness (QED) is 0.312. The molecule has 0 saturated heterocycles. The third-order valence-corrected chi connectivity index (χ3v) is 6.30. The van der Waals surface area contributed by atoms with E-state index in [9.17, 15) is 9.59 Å². The van der Waals surface area contributed by atoms with Crippen molar-refractivity contribution < 1.29 is 14.3 Å². The van der Waals surface area contributed by atoms with Gasteiger partial charge >= 0.3 is 6.09 Å². The van der Waals surface area contributed by atoms with Crippen LogP contribution in [0, 0.1) is 6.92 Å². The maximum absolute atomic E-state index is 13.1. The summed E-state index contributed by atoms with van der Waals surface area (Å²) in [5.74, 6) is -0.230. The topological polar surface area (TPSA) is 119 Å². The first-order valence-corrected chi connectivity index (χ1v) is 12.8. The van der Waals surface area contributed by atoms with Crippen LogP contribution in [0.25, 0.3) is 11.0 Å². The monoisotopic (exact) mass is 518 g/mol. The number of alkyl carbamates (subject to hydrolysis) is 1. The number of fused-ring (bicyclic) bond motifs is 1. The van der Waals surface area contributed by atoms with Crippen LogP contribution in [0.1, 0.15) is 59.5 Å². The lowest BCUT2D eigenvalue weighted by atomic mass is 10.1. The third-order valence-electron chi connectivity index (χ3n) is 5.36. The fourth-order valence-corrected chi connectivity index (χ4v) is 4.57. The average molecular weight is 519 g/mol. The summed E-state index contributed by atoms with van der Waals surface area (Å²) in [5, 5.41) is 5.67. The van der Waals surface area contributed by atoms with Gasteiger partial charge in [-0.05, 0) is 76.3 Å². The van der Waals surface area contributed by atoms with E-state index in [2.05, 4.69) is 30.0 Å². The van der Waals surface area contributed by atoms with Crippen LogP contribution < -0.4 is 10.6 Å². The minimum absolute atomic E-state index is 0.230. The Bertz CT molecular complexity index is 1400. The third kappa shape index (κ3) is 7.29. The predicted molar refractivity (Wildman–Crippen MR) is 144 cm³/mol. The zero-order chi connectivity index (χ0) is 26.4. The number of hydrogen-bond donors (Lipinski definition) is 2. The molecule has 37 heavy (non-hydrogen) atoms. The highest BCUT2D eigenvalue weighted by molar-refractivity contribution is 7.06. The largest absolute Gasteiger partial charge is 0.444 e. The van der Waals surface area contributed by atoms with Crippen molar-refractivity contribution in [1.29, 1.82) is 0 Å². The molecule has 0 unspecified atom stereocenters. The summed E-state index contributed by atoms with van der Waals surface area (Å²) in [6, 6.07) is 11.4. The molecule has 0 bridgehead atoms. The molecule has 4 aromatic rings. The molecule has 2 amide bonds. The minimum Gasteiger partial charge on any atom is -0.444 e. The number of nitrogens with zero attached hydrogens (tertiary/aromatic N) is 4. The van der Waals surface area contributed by atoms with E-state index >= 15 is 0 Å². The average Bonchev–Trinajstić information content (AvgIpc) is 3.21. The van der Waals surface area contributed by atoms with Crippen molar-refractivity contribution in [2.75, 3.05) is 11.9 Å². The second-order valence-electron chi connectivity index (χ2n) is 9.62. The fraction of sp³-hybridized carbons (Fsp3) is 0.333. The first-order chi connectivity index (χ1) is 17.7. The molecule has 1 aromatic carbocycles. The van der Waals surface area contributed by atoms with Crippen LogP contribution in [0.4, 0.5) is 10.5 Å². The van der Waals surface area contributed by atoms with Crippen molar-refractivity contribution in [3.05, 3.63) is 76.3 Å². The molecule has 0 fully saturated rings. The van der Waals surface area contributed by atoms with Gasteiger partial charge in [-0.1, -0.05) is 12.1 Å². The maximum Gasteiger partial charge on any atom is 0.407 e. The van der Waals surface area contributed by atoms with Crippen LogP contribution in [-0.4, -0.2) is 43.5 Å². The molecule has 0 atom stereocenters. The summed E-state index contributed by atoms with van der Waals surface area (Å²) in [7, 11) is 0. The lowest BCUT2D eigenvalue weighted by Gasteiger charge is -2.19. The van der Waals surface area contributed by atoms with Gasteiger partial charge in [0.25, 0.3) is 5.91 Å². The molecule has 4 rings (SSSR count). The zero-order valence-corrected chi connectivity index (χ0v) is 22.2. The van der Waals surface area contributed by atoms with Crippen LogP contribution >= 0.6 is 11.5 Å². The molecule has 0 aliphatic rings. The molecule has 0 aliphatic heterocycles. The minimum atomic E-state index is -0.519. The summed E-state index contributed by atoms with van der Waals surface area (Å²) in [5.41, 5.74) is 4.61. The van der Waals surface area contributed by atoms with Crippen LogP contribution in [0.5, 0.6) is 0 Å². The summed E-state index contributed by atoms with van der Waals surface area (Å²) < 4.78 is 9.63. The first kappa shape index (κ1) is 26.2. The van der Waals surface area contributed by atoms with Crippen LogP contribution in [0.15, 0.2) is 48.8 Å². The second kappa shape index (κ2) is 11.4. The van der Waals surface area contributed by atoms with Gasteiger partial charge in [0.15, 0.2) is 0 Å². The van der Waals surface area contributed by atoms with E-state index in [0.717, 1.165) is 33.7 Å². The highest BCUT2D eigenvalue weighted by atomic mass is 32.1. The van der Waals surface area contributed by atoms with Gasteiger partial charge in [0.2, 0.25) is 0 Å². The van der Waals surface area contributed by atoms with Crippen LogP contribution in [0.2, 0.25) is 0 Å². The summed E-state index contributed by atoms with van der Waals surface area (Å²) in [4.78, 5) is 39.3. The van der Waals surface area contributed by atoms with Gasteiger partial charge in [-0.15, -0.1) is 0 Å². The van der Waals surface area contributed by atoms with Crippen LogP contribution in [0.3, 0.4) is 0 Å². The standard InChI is InChI=1S/C27H30N6O3S/c1-17-24(23(37-33-17)14-20-16-30-21-9-5-6-10-22(21)31-20)25(34)32-19-12-11-18(29-15-19)8-7-13-28-26(35)36-27(2,3)4/h5-6,9-12,15-16H,7-8,13-14H2,1-4H3,(H,28,35)(H,32,34). The number of rotatable bonds is 8. The molecule has 3 heterocycles. The van der Waals surface area contributed by atoms with E-state index in [-0.39, 0.29) is 5.91 Å². The Morgan fingerprint density at radius 1 is 1.00 bits per heavy atom. The molecule has 9 nitrogen and oxygen atoms in total. The number of aryl methyl sites for hydroxylation is 2. The number of nitrogens with one attached hydrogen (secondary N) is 2. The Morgan fingerprint density at radius 3 is 2.51 bits per heavy atom. The van der Waals surface area contributed by atoms with Crippen LogP contribution in [-0.2, 0) is 17.6 Å². The number of hydrogen-bond acceptors (Lipinski definition) is 8. The highest BCUT2D eigenvalue weighted by Crippen LogP contribution is 2.23. The van der Waals surface area contributed by atoms with E-state index in [1.807, 2.05) is 64.1 Å². The Hall–Kier alpha value is -3.92. The highest BCUT2D eigenvalue weighted by Gasteiger charge is 2.20. The SMILES string of the molecule is Cc1nsc(Cc2cnc3ccccc3n2)c1C(=O)Nc1ccc(CCCNC(=O)OC(C)(C)C)nc1. The molecule has 0 radical (unpaired) electrons. The van der Waals surface area contributed by atoms with Gasteiger partial charge in [-0.2, -0.15) is 4.37 Å². The molecule has 0 saturated carbocycles. The second-order valence-corrected chi connectivity index (χ2v) is 10.5. The molecule has 10 heteroatoms. The zero-order valence-electron chi connectivity index (χ0n) is 21.4. The lowest BCUT2D eigenvalue weighted by molar-refractivity contribution is 0.0527. The number of amides is 2. The van der Waals surface area contributed by atoms with E-state index in [1.54, 1.807) is 12.4 Å². The molecule has 0 aliphatic carbocycles. The Labute approximate surface area is 219 Å². The predicted octanol–water partition coefficient (Wildman–Crippen LogP) is 5.09. The van der Waals surface area contributed by atoms with Gasteiger partial charge in [-0.25, -0.2) is 9.78 Å². The number of para-hydroxylation sites is 2. The molecule has 2 N–H and O–H groups in total. The number of carbonyl (C=O) groups is 2. The Balaban J connectivity index is 1.33. The van der Waals surface area contributed by atoms with Gasteiger partial charge < -0.3 is 15.4 Å². The van der Waals surface area contributed by atoms with E-state index in [0.29, 0.717) is 36.3 Å². The molecule has 0 spiro atoms. The fourth-order valence-electron chi connectivity index (χ4n) is 3.69. The number of ether oxygens (including phenoxy) is 1. The van der Waals surface area contributed by atoms with Crippen molar-refractivity contribution in [3.63, 3.8) is 0 Å². The summed E-state index contributed by atoms with van der Waals surface area (Å²) in [6.45, 7) is 7.80. The number of carbonyl (C=O) groups excluding carboxylic acids is 2. The molecular weight excluding hydrogens is 488 g/mol. The number of benzene rings is 1.